The second kappa shape index (κ2) is 9.96. The lowest BCUT2D eigenvalue weighted by molar-refractivity contribution is -0.121. The first kappa shape index (κ1) is 22.0. The third kappa shape index (κ3) is 4.83. The van der Waals surface area contributed by atoms with E-state index >= 15 is 0 Å². The number of carbonyl (C=O) groups is 2. The maximum absolute atomic E-state index is 12.8. The lowest BCUT2D eigenvalue weighted by atomic mass is 10.1. The number of nitrogens with zero attached hydrogens (tertiary/aromatic N) is 2. The molecule has 4 rings (SSSR count). The largest absolute Gasteiger partial charge is 0.482 e. The van der Waals surface area contributed by atoms with Crippen molar-refractivity contribution < 1.29 is 19.1 Å². The number of rotatable bonds is 8. The standard InChI is InChI=1S/C25H26N2O4S/c1-3-6-23-26-20(16-32-23)18-9-10-22-21(13-18)27(24(28)15-31-22)14-17-7-5-8-19(12-17)25(29)30-11-4-2/h5,7-10,12-13,16H,3-4,6,11,14-15H2,1-2H3. The van der Waals surface area contributed by atoms with Gasteiger partial charge in [-0.1, -0.05) is 26.0 Å². The van der Waals surface area contributed by atoms with Crippen LogP contribution in [0.4, 0.5) is 5.69 Å². The van der Waals surface area contributed by atoms with Gasteiger partial charge in [0.15, 0.2) is 6.61 Å². The highest BCUT2D eigenvalue weighted by Gasteiger charge is 2.26. The Morgan fingerprint density at radius 1 is 1.19 bits per heavy atom. The summed E-state index contributed by atoms with van der Waals surface area (Å²) in [4.78, 5) is 31.4. The van der Waals surface area contributed by atoms with Crippen molar-refractivity contribution in [3.05, 3.63) is 64.0 Å². The zero-order valence-corrected chi connectivity index (χ0v) is 19.1. The molecule has 0 spiro atoms. The van der Waals surface area contributed by atoms with Gasteiger partial charge in [0.1, 0.15) is 5.75 Å². The summed E-state index contributed by atoms with van der Waals surface area (Å²) in [6, 6.07) is 13.0. The molecule has 0 fully saturated rings. The molecule has 0 atom stereocenters. The Bertz CT molecular complexity index is 1120. The fourth-order valence-corrected chi connectivity index (χ4v) is 4.47. The van der Waals surface area contributed by atoms with Gasteiger partial charge in [0.2, 0.25) is 0 Å². The van der Waals surface area contributed by atoms with Crippen LogP contribution in [0, 0.1) is 0 Å². The second-order valence-corrected chi connectivity index (χ2v) is 8.61. The van der Waals surface area contributed by atoms with Gasteiger partial charge in [0, 0.05) is 10.9 Å². The van der Waals surface area contributed by atoms with E-state index < -0.39 is 0 Å². The molecule has 1 aliphatic heterocycles. The Morgan fingerprint density at radius 2 is 2.06 bits per heavy atom. The van der Waals surface area contributed by atoms with Crippen LogP contribution in [0.25, 0.3) is 11.3 Å². The number of hydrogen-bond acceptors (Lipinski definition) is 6. The van der Waals surface area contributed by atoms with Crippen molar-refractivity contribution in [2.24, 2.45) is 0 Å². The average molecular weight is 451 g/mol. The van der Waals surface area contributed by atoms with Crippen LogP contribution in [0.2, 0.25) is 0 Å². The van der Waals surface area contributed by atoms with E-state index in [4.69, 9.17) is 14.5 Å². The van der Waals surface area contributed by atoms with E-state index in [1.807, 2.05) is 42.6 Å². The molecule has 0 unspecified atom stereocenters. The third-order valence-corrected chi connectivity index (χ3v) is 6.06. The number of esters is 1. The third-order valence-electron chi connectivity index (χ3n) is 5.15. The number of carbonyl (C=O) groups excluding carboxylic acids is 2. The summed E-state index contributed by atoms with van der Waals surface area (Å²) < 4.78 is 10.9. The van der Waals surface area contributed by atoms with Crippen LogP contribution in [-0.2, 0) is 22.5 Å². The number of ether oxygens (including phenoxy) is 2. The van der Waals surface area contributed by atoms with E-state index in [-0.39, 0.29) is 18.5 Å². The molecule has 0 N–H and O–H groups in total. The maximum atomic E-state index is 12.8. The van der Waals surface area contributed by atoms with E-state index in [1.54, 1.807) is 28.4 Å². The normalized spacial score (nSPS) is 12.9. The number of thiazole rings is 1. The molecule has 7 heteroatoms. The van der Waals surface area contributed by atoms with Gasteiger partial charge in [0.05, 0.1) is 35.1 Å². The van der Waals surface area contributed by atoms with Crippen LogP contribution in [0.5, 0.6) is 5.75 Å². The topological polar surface area (TPSA) is 68.7 Å². The van der Waals surface area contributed by atoms with Gasteiger partial charge in [0.25, 0.3) is 5.91 Å². The van der Waals surface area contributed by atoms with Crippen LogP contribution >= 0.6 is 11.3 Å². The Kier molecular flexibility index (Phi) is 6.85. The number of fused-ring (bicyclic) bond motifs is 1. The van der Waals surface area contributed by atoms with Gasteiger partial charge in [-0.05, 0) is 55.2 Å². The molecule has 1 amide bonds. The van der Waals surface area contributed by atoms with Crippen molar-refractivity contribution in [1.82, 2.24) is 4.98 Å². The molecule has 1 aromatic heterocycles. The highest BCUT2D eigenvalue weighted by Crippen LogP contribution is 2.37. The predicted molar refractivity (Wildman–Crippen MR) is 125 cm³/mol. The molecule has 0 bridgehead atoms. The maximum Gasteiger partial charge on any atom is 0.338 e. The molecule has 6 nitrogen and oxygen atoms in total. The Balaban J connectivity index is 1.61. The SMILES string of the molecule is CCCOC(=O)c1cccc(CN2C(=O)COc3ccc(-c4csc(CCC)n4)cc32)c1. The molecule has 0 saturated carbocycles. The molecule has 3 aromatic rings. The number of hydrogen-bond donors (Lipinski definition) is 0. The highest BCUT2D eigenvalue weighted by atomic mass is 32.1. The quantitative estimate of drug-likeness (QED) is 0.438. The number of anilines is 1. The Labute approximate surface area is 191 Å². The monoisotopic (exact) mass is 450 g/mol. The average Bonchev–Trinajstić information content (AvgIpc) is 3.28. The van der Waals surface area contributed by atoms with E-state index in [0.717, 1.165) is 41.1 Å². The van der Waals surface area contributed by atoms with E-state index in [2.05, 4.69) is 6.92 Å². The molecular formula is C25H26N2O4S. The highest BCUT2D eigenvalue weighted by molar-refractivity contribution is 7.09. The molecule has 0 saturated heterocycles. The smallest absolute Gasteiger partial charge is 0.338 e. The summed E-state index contributed by atoms with van der Waals surface area (Å²) in [5.74, 6) is 0.186. The lowest BCUT2D eigenvalue weighted by Crippen LogP contribution is -2.38. The number of benzene rings is 2. The van der Waals surface area contributed by atoms with E-state index in [1.165, 1.54) is 0 Å². The number of aromatic nitrogens is 1. The Hall–Kier alpha value is -3.19. The first-order valence-electron chi connectivity index (χ1n) is 10.9. The van der Waals surface area contributed by atoms with Crippen LogP contribution in [0.3, 0.4) is 0 Å². The van der Waals surface area contributed by atoms with Crippen molar-refractivity contribution in [2.75, 3.05) is 18.1 Å². The van der Waals surface area contributed by atoms with Crippen LogP contribution in [-0.4, -0.2) is 30.1 Å². The summed E-state index contributed by atoms with van der Waals surface area (Å²) in [5, 5.41) is 3.16. The summed E-state index contributed by atoms with van der Waals surface area (Å²) in [6.07, 6.45) is 2.78. The fraction of sp³-hybridized carbons (Fsp3) is 0.320. The van der Waals surface area contributed by atoms with Gasteiger partial charge in [-0.25, -0.2) is 9.78 Å². The van der Waals surface area contributed by atoms with Crippen molar-refractivity contribution >= 4 is 28.9 Å². The van der Waals surface area contributed by atoms with Crippen LogP contribution in [0.1, 0.15) is 47.6 Å². The van der Waals surface area contributed by atoms with Crippen LogP contribution in [0.15, 0.2) is 47.8 Å². The van der Waals surface area contributed by atoms with Gasteiger partial charge < -0.3 is 14.4 Å². The van der Waals surface area contributed by atoms with Crippen molar-refractivity contribution in [3.8, 4) is 17.0 Å². The number of aryl methyl sites for hydroxylation is 1. The van der Waals surface area contributed by atoms with Crippen LogP contribution < -0.4 is 9.64 Å². The van der Waals surface area contributed by atoms with Gasteiger partial charge in [-0.2, -0.15) is 0 Å². The first-order valence-corrected chi connectivity index (χ1v) is 11.7. The molecule has 2 aromatic carbocycles. The molecule has 2 heterocycles. The summed E-state index contributed by atoms with van der Waals surface area (Å²) >= 11 is 1.65. The van der Waals surface area contributed by atoms with Crippen molar-refractivity contribution in [3.63, 3.8) is 0 Å². The van der Waals surface area contributed by atoms with Gasteiger partial charge in [-0.3, -0.25) is 4.79 Å². The summed E-state index contributed by atoms with van der Waals surface area (Å²) in [6.45, 7) is 4.81. The minimum atomic E-state index is -0.351. The minimum absolute atomic E-state index is 0.0120. The van der Waals surface area contributed by atoms with Crippen molar-refractivity contribution in [2.45, 2.75) is 39.7 Å². The van der Waals surface area contributed by atoms with Gasteiger partial charge >= 0.3 is 5.97 Å². The summed E-state index contributed by atoms with van der Waals surface area (Å²) in [5.41, 5.74) is 3.89. The molecule has 1 aliphatic rings. The van der Waals surface area contributed by atoms with Gasteiger partial charge in [-0.15, -0.1) is 11.3 Å². The number of amides is 1. The minimum Gasteiger partial charge on any atom is -0.482 e. The zero-order chi connectivity index (χ0) is 22.5. The molecule has 32 heavy (non-hydrogen) atoms. The van der Waals surface area contributed by atoms with E-state index in [9.17, 15) is 9.59 Å². The van der Waals surface area contributed by atoms with Crippen molar-refractivity contribution in [1.29, 1.82) is 0 Å². The fourth-order valence-electron chi connectivity index (χ4n) is 3.56. The first-order chi connectivity index (χ1) is 15.6. The summed E-state index contributed by atoms with van der Waals surface area (Å²) in [7, 11) is 0. The lowest BCUT2D eigenvalue weighted by Gasteiger charge is -2.30. The predicted octanol–water partition coefficient (Wildman–Crippen LogP) is 5.26. The van der Waals surface area contributed by atoms with E-state index in [0.29, 0.717) is 30.2 Å². The molecular weight excluding hydrogens is 424 g/mol. The zero-order valence-electron chi connectivity index (χ0n) is 18.3. The second-order valence-electron chi connectivity index (χ2n) is 7.66. The Morgan fingerprint density at radius 3 is 2.88 bits per heavy atom. The molecule has 0 radical (unpaired) electrons. The molecule has 166 valence electrons. The molecule has 0 aliphatic carbocycles.